The van der Waals surface area contributed by atoms with Gasteiger partial charge in [0.2, 0.25) is 0 Å². The number of nitrogens with zero attached hydrogens (tertiary/aromatic N) is 3. The Hall–Kier alpha value is -5.04. The average Bonchev–Trinajstić information content (AvgIpc) is 3.84. The summed E-state index contributed by atoms with van der Waals surface area (Å²) in [6.45, 7) is 0.764. The highest BCUT2D eigenvalue weighted by Crippen LogP contribution is 2.46. The van der Waals surface area contributed by atoms with Gasteiger partial charge in [-0.05, 0) is 78.6 Å². The van der Waals surface area contributed by atoms with Crippen molar-refractivity contribution in [2.75, 3.05) is 0 Å². The number of hydrogen-bond donors (Lipinski definition) is 1. The average molecular weight is 623 g/mol. The van der Waals surface area contributed by atoms with Gasteiger partial charge in [-0.2, -0.15) is 4.98 Å². The van der Waals surface area contributed by atoms with Crippen LogP contribution in [-0.4, -0.2) is 26.9 Å². The van der Waals surface area contributed by atoms with Crippen molar-refractivity contribution in [1.29, 1.82) is 0 Å². The number of hydrogen-bond acceptors (Lipinski definition) is 5. The molecule has 236 valence electrons. The number of aromatic nitrogens is 3. The van der Waals surface area contributed by atoms with Crippen molar-refractivity contribution < 1.29 is 14.1 Å². The molecule has 0 saturated heterocycles. The molecule has 1 amide bonds. The van der Waals surface area contributed by atoms with E-state index in [1.54, 1.807) is 6.08 Å². The lowest BCUT2D eigenvalue weighted by Crippen LogP contribution is -2.44. The summed E-state index contributed by atoms with van der Waals surface area (Å²) < 4.78 is 8.16. The number of carbonyl (C=O) groups excluding carboxylic acids is 2. The van der Waals surface area contributed by atoms with Gasteiger partial charge in [-0.15, -0.1) is 0 Å². The molecule has 0 spiro atoms. The second-order valence-electron chi connectivity index (χ2n) is 13.2. The summed E-state index contributed by atoms with van der Waals surface area (Å²) in [4.78, 5) is 29.7. The smallest absolute Gasteiger partial charge is 0.258 e. The van der Waals surface area contributed by atoms with Gasteiger partial charge in [0.15, 0.2) is 5.82 Å². The highest BCUT2D eigenvalue weighted by Gasteiger charge is 2.42. The Morgan fingerprint density at radius 3 is 2.66 bits per heavy atom. The summed E-state index contributed by atoms with van der Waals surface area (Å²) >= 11 is 0. The van der Waals surface area contributed by atoms with Crippen molar-refractivity contribution >= 4 is 35.2 Å². The van der Waals surface area contributed by atoms with E-state index in [1.807, 2.05) is 30.3 Å². The number of amides is 1. The van der Waals surface area contributed by atoms with Gasteiger partial charge < -0.3 is 14.4 Å². The second kappa shape index (κ2) is 12.3. The van der Waals surface area contributed by atoms with Crippen LogP contribution in [0.5, 0.6) is 0 Å². The Bertz CT molecular complexity index is 2040. The van der Waals surface area contributed by atoms with E-state index in [1.165, 1.54) is 66.0 Å². The molecule has 8 rings (SSSR count). The third-order valence-corrected chi connectivity index (χ3v) is 10.3. The summed E-state index contributed by atoms with van der Waals surface area (Å²) in [7, 11) is 0. The first-order valence-electron chi connectivity index (χ1n) is 16.9. The molecule has 7 nitrogen and oxygen atoms in total. The zero-order valence-corrected chi connectivity index (χ0v) is 26.5. The standard InChI is InChI=1S/C40H38N4O3/c45-24-10-12-27-11-8-16-31(25-27)38-41-39(43-47-38)40(21-6-7-22-40)42-37(46)30-19-20-33-34(26-30)44-23-9-17-28-13-4-5-18-32(28)36(44)35(33)29-14-2-1-3-15-29/h4-5,8-13,16-20,24-26,29H,1-3,6-7,14-15,21-23H2,(H,42,46)/b12-10+. The van der Waals surface area contributed by atoms with Crippen LogP contribution < -0.4 is 5.32 Å². The van der Waals surface area contributed by atoms with Gasteiger partial charge in [-0.3, -0.25) is 9.59 Å². The number of rotatable bonds is 7. The lowest BCUT2D eigenvalue weighted by molar-refractivity contribution is -0.104. The molecule has 3 aliphatic rings. The number of aldehydes is 1. The predicted molar refractivity (Wildman–Crippen MR) is 185 cm³/mol. The minimum atomic E-state index is -0.701. The van der Waals surface area contributed by atoms with E-state index in [4.69, 9.17) is 9.51 Å². The molecule has 1 aliphatic heterocycles. The molecule has 5 aromatic rings. The van der Waals surface area contributed by atoms with Crippen molar-refractivity contribution in [3.8, 4) is 22.7 Å². The van der Waals surface area contributed by atoms with E-state index in [9.17, 15) is 9.59 Å². The molecule has 1 N–H and O–H groups in total. The Kier molecular flexibility index (Phi) is 7.68. The molecular weight excluding hydrogens is 584 g/mol. The fourth-order valence-electron chi connectivity index (χ4n) is 8.08. The molecule has 0 unspecified atom stereocenters. The molecular formula is C40H38N4O3. The van der Waals surface area contributed by atoms with Gasteiger partial charge in [0.1, 0.15) is 11.8 Å². The van der Waals surface area contributed by atoms with E-state index in [-0.39, 0.29) is 5.91 Å². The van der Waals surface area contributed by atoms with Crippen LogP contribution in [0.2, 0.25) is 0 Å². The van der Waals surface area contributed by atoms with Crippen molar-refractivity contribution in [1.82, 2.24) is 20.0 Å². The quantitative estimate of drug-likeness (QED) is 0.145. The normalized spacial score (nSPS) is 17.4. The summed E-state index contributed by atoms with van der Waals surface area (Å²) in [5, 5.41) is 9.03. The summed E-state index contributed by atoms with van der Waals surface area (Å²) in [6, 6.07) is 22.6. The van der Waals surface area contributed by atoms with Crippen LogP contribution in [0.3, 0.4) is 0 Å². The third-order valence-electron chi connectivity index (χ3n) is 10.3. The second-order valence-corrected chi connectivity index (χ2v) is 13.2. The minimum Gasteiger partial charge on any atom is -0.339 e. The first kappa shape index (κ1) is 29.4. The highest BCUT2D eigenvalue weighted by molar-refractivity contribution is 6.01. The first-order valence-corrected chi connectivity index (χ1v) is 16.9. The molecule has 47 heavy (non-hydrogen) atoms. The van der Waals surface area contributed by atoms with E-state index < -0.39 is 5.54 Å². The van der Waals surface area contributed by atoms with E-state index in [0.29, 0.717) is 23.2 Å². The van der Waals surface area contributed by atoms with E-state index in [2.05, 4.69) is 63.6 Å². The molecule has 0 bridgehead atoms. The lowest BCUT2D eigenvalue weighted by atomic mass is 9.81. The zero-order chi connectivity index (χ0) is 31.8. The monoisotopic (exact) mass is 622 g/mol. The van der Waals surface area contributed by atoms with Crippen LogP contribution in [0.4, 0.5) is 0 Å². The Balaban J connectivity index is 1.15. The van der Waals surface area contributed by atoms with Gasteiger partial charge in [0, 0.05) is 34.1 Å². The SMILES string of the molecule is O=C/C=C/c1cccc(-c2nc(C3(NC(=O)c4ccc5c(C6CCCCC6)c6n(c5c4)CC=Cc4ccccc4-6)CCCC3)no2)c1. The van der Waals surface area contributed by atoms with Gasteiger partial charge in [-0.1, -0.05) is 98.0 Å². The Labute approximate surface area is 274 Å². The van der Waals surface area contributed by atoms with Gasteiger partial charge in [0.25, 0.3) is 11.8 Å². The van der Waals surface area contributed by atoms with Crippen LogP contribution in [0, 0.1) is 0 Å². The van der Waals surface area contributed by atoms with Crippen molar-refractivity contribution in [3.63, 3.8) is 0 Å². The van der Waals surface area contributed by atoms with Gasteiger partial charge in [0.05, 0.1) is 5.69 Å². The summed E-state index contributed by atoms with van der Waals surface area (Å²) in [5.74, 6) is 1.29. The number of carbonyl (C=O) groups is 2. The maximum atomic E-state index is 14.1. The number of allylic oxidation sites excluding steroid dienone is 2. The topological polar surface area (TPSA) is 90.0 Å². The van der Waals surface area contributed by atoms with Crippen LogP contribution in [0.1, 0.15) is 96.6 Å². The van der Waals surface area contributed by atoms with Crippen molar-refractivity contribution in [2.45, 2.75) is 75.8 Å². The Morgan fingerprint density at radius 2 is 1.81 bits per heavy atom. The molecule has 3 heterocycles. The molecule has 2 saturated carbocycles. The fraction of sp³-hybridized carbons (Fsp3) is 0.300. The molecule has 2 aromatic heterocycles. The third kappa shape index (κ3) is 5.33. The maximum Gasteiger partial charge on any atom is 0.258 e. The van der Waals surface area contributed by atoms with Crippen LogP contribution in [-0.2, 0) is 16.9 Å². The molecule has 2 aliphatic carbocycles. The molecule has 2 fully saturated rings. The number of fused-ring (bicyclic) bond motifs is 5. The van der Waals surface area contributed by atoms with Crippen molar-refractivity contribution in [2.24, 2.45) is 0 Å². The highest BCUT2D eigenvalue weighted by atomic mass is 16.5. The molecule has 0 atom stereocenters. The van der Waals surface area contributed by atoms with Gasteiger partial charge >= 0.3 is 0 Å². The van der Waals surface area contributed by atoms with Crippen LogP contribution in [0.25, 0.3) is 45.8 Å². The van der Waals surface area contributed by atoms with Crippen LogP contribution in [0.15, 0.2) is 83.4 Å². The predicted octanol–water partition coefficient (Wildman–Crippen LogP) is 8.84. The van der Waals surface area contributed by atoms with Crippen molar-refractivity contribution in [3.05, 3.63) is 107 Å². The maximum absolute atomic E-state index is 14.1. The molecule has 7 heteroatoms. The Morgan fingerprint density at radius 1 is 0.957 bits per heavy atom. The molecule has 3 aromatic carbocycles. The minimum absolute atomic E-state index is 0.125. The van der Waals surface area contributed by atoms with Crippen LogP contribution >= 0.6 is 0 Å². The summed E-state index contributed by atoms with van der Waals surface area (Å²) in [6.07, 6.45) is 18.1. The summed E-state index contributed by atoms with van der Waals surface area (Å²) in [5.41, 5.74) is 7.95. The zero-order valence-electron chi connectivity index (χ0n) is 26.5. The van der Waals surface area contributed by atoms with Gasteiger partial charge in [-0.25, -0.2) is 0 Å². The first-order chi connectivity index (χ1) is 23.1. The largest absolute Gasteiger partial charge is 0.339 e. The number of nitrogens with one attached hydrogen (secondary N) is 1. The lowest BCUT2D eigenvalue weighted by Gasteiger charge is -2.26. The van der Waals surface area contributed by atoms with E-state index >= 15 is 0 Å². The van der Waals surface area contributed by atoms with E-state index in [0.717, 1.165) is 55.2 Å². The molecule has 0 radical (unpaired) electrons. The number of benzene rings is 3. The fourth-order valence-corrected chi connectivity index (χ4v) is 8.08.